The van der Waals surface area contributed by atoms with Crippen molar-refractivity contribution in [2.24, 2.45) is 11.3 Å². The van der Waals surface area contributed by atoms with Crippen LogP contribution in [0.3, 0.4) is 0 Å². The van der Waals surface area contributed by atoms with Crippen molar-refractivity contribution in [2.75, 3.05) is 0 Å². The topological polar surface area (TPSA) is 17.1 Å². The number of rotatable bonds is 1. The number of hydrogen-bond acceptors (Lipinski definition) is 1. The summed E-state index contributed by atoms with van der Waals surface area (Å²) in [6.45, 7) is 1.73. The zero-order valence-corrected chi connectivity index (χ0v) is 6.52. The maximum absolute atomic E-state index is 10.9. The summed E-state index contributed by atoms with van der Waals surface area (Å²) in [5, 5.41) is 0. The first-order valence-electron chi connectivity index (χ1n) is 4.22. The van der Waals surface area contributed by atoms with Crippen LogP contribution < -0.4 is 0 Å². The summed E-state index contributed by atoms with van der Waals surface area (Å²) < 4.78 is 0. The van der Waals surface area contributed by atoms with E-state index in [1.54, 1.807) is 6.92 Å². The molecule has 10 heavy (non-hydrogen) atoms. The van der Waals surface area contributed by atoms with Gasteiger partial charge in [-0.05, 0) is 38.0 Å². The van der Waals surface area contributed by atoms with E-state index in [-0.39, 0.29) is 0 Å². The molecule has 2 aliphatic rings. The van der Waals surface area contributed by atoms with Crippen molar-refractivity contribution in [2.45, 2.75) is 39.0 Å². The fraction of sp³-hybridized carbons (Fsp3) is 0.889. The van der Waals surface area contributed by atoms with Crippen molar-refractivity contribution >= 4 is 5.78 Å². The minimum Gasteiger partial charge on any atom is -0.300 e. The molecule has 0 aromatic carbocycles. The lowest BCUT2D eigenvalue weighted by Gasteiger charge is -2.53. The van der Waals surface area contributed by atoms with Crippen LogP contribution in [-0.4, -0.2) is 5.78 Å². The summed E-state index contributed by atoms with van der Waals surface area (Å²) >= 11 is 0. The number of hydrogen-bond donors (Lipinski definition) is 0. The second kappa shape index (κ2) is 1.84. The average molecular weight is 138 g/mol. The van der Waals surface area contributed by atoms with Crippen molar-refractivity contribution in [3.63, 3.8) is 0 Å². The Labute approximate surface area is 61.8 Å². The van der Waals surface area contributed by atoms with Crippen molar-refractivity contribution in [3.8, 4) is 0 Å². The number of Topliss-reactive ketones (excluding diaryl/α,β-unsaturated/α-hetero) is 1. The fourth-order valence-electron chi connectivity index (χ4n) is 2.36. The summed E-state index contributed by atoms with van der Waals surface area (Å²) in [6, 6.07) is 0. The molecule has 0 bridgehead atoms. The van der Waals surface area contributed by atoms with Gasteiger partial charge in [0.2, 0.25) is 0 Å². The molecule has 2 rings (SSSR count). The first kappa shape index (κ1) is 6.38. The Bertz CT molecular complexity index is 160. The predicted molar refractivity (Wildman–Crippen MR) is 39.7 cm³/mol. The van der Waals surface area contributed by atoms with E-state index >= 15 is 0 Å². The third-order valence-corrected chi connectivity index (χ3v) is 3.35. The number of ketones is 1. The van der Waals surface area contributed by atoms with E-state index in [1.165, 1.54) is 32.1 Å². The highest BCUT2D eigenvalue weighted by Crippen LogP contribution is 2.58. The van der Waals surface area contributed by atoms with Crippen molar-refractivity contribution in [3.05, 3.63) is 0 Å². The van der Waals surface area contributed by atoms with Gasteiger partial charge in [-0.3, -0.25) is 4.79 Å². The summed E-state index contributed by atoms with van der Waals surface area (Å²) in [5.74, 6) is 0.859. The molecule has 0 unspecified atom stereocenters. The van der Waals surface area contributed by atoms with Crippen LogP contribution >= 0.6 is 0 Å². The monoisotopic (exact) mass is 138 g/mol. The Balaban J connectivity index is 1.88. The van der Waals surface area contributed by atoms with Crippen molar-refractivity contribution in [1.82, 2.24) is 0 Å². The molecule has 0 aliphatic heterocycles. The SMILES string of the molecule is CC(=O)C1CC2(CCC2)C1. The first-order chi connectivity index (χ1) is 4.72. The Kier molecular flexibility index (Phi) is 1.17. The van der Waals surface area contributed by atoms with Gasteiger partial charge in [0.05, 0.1) is 0 Å². The molecule has 2 fully saturated rings. The smallest absolute Gasteiger partial charge is 0.132 e. The normalized spacial score (nSPS) is 29.3. The van der Waals surface area contributed by atoms with Crippen molar-refractivity contribution in [1.29, 1.82) is 0 Å². The van der Waals surface area contributed by atoms with Gasteiger partial charge in [-0.25, -0.2) is 0 Å². The summed E-state index contributed by atoms with van der Waals surface area (Å²) in [5.41, 5.74) is 0.677. The molecule has 0 N–H and O–H groups in total. The van der Waals surface area contributed by atoms with Crippen LogP contribution in [0.4, 0.5) is 0 Å². The summed E-state index contributed by atoms with van der Waals surface area (Å²) in [7, 11) is 0. The second-order valence-electron chi connectivity index (χ2n) is 4.07. The third-order valence-electron chi connectivity index (χ3n) is 3.35. The average Bonchev–Trinajstić information content (AvgIpc) is 1.54. The van der Waals surface area contributed by atoms with E-state index in [2.05, 4.69) is 0 Å². The van der Waals surface area contributed by atoms with Crippen LogP contribution in [0.15, 0.2) is 0 Å². The van der Waals surface area contributed by atoms with Gasteiger partial charge in [-0.2, -0.15) is 0 Å². The lowest BCUT2D eigenvalue weighted by Crippen LogP contribution is -2.45. The molecule has 0 aromatic heterocycles. The third kappa shape index (κ3) is 0.727. The van der Waals surface area contributed by atoms with Gasteiger partial charge >= 0.3 is 0 Å². The van der Waals surface area contributed by atoms with Crippen LogP contribution in [0.1, 0.15) is 39.0 Å². The quantitative estimate of drug-likeness (QED) is 0.542. The van der Waals surface area contributed by atoms with Crippen LogP contribution in [0.5, 0.6) is 0 Å². The Morgan fingerprint density at radius 2 is 2.00 bits per heavy atom. The van der Waals surface area contributed by atoms with Gasteiger partial charge < -0.3 is 0 Å². The maximum atomic E-state index is 10.9. The maximum Gasteiger partial charge on any atom is 0.132 e. The molecular formula is C9H14O. The highest BCUT2D eigenvalue weighted by molar-refractivity contribution is 5.79. The van der Waals surface area contributed by atoms with Gasteiger partial charge in [0.15, 0.2) is 0 Å². The van der Waals surface area contributed by atoms with E-state index in [0.717, 1.165) is 0 Å². The highest BCUT2D eigenvalue weighted by atomic mass is 16.1. The number of carbonyl (C=O) groups excluding carboxylic acids is 1. The second-order valence-corrected chi connectivity index (χ2v) is 4.07. The van der Waals surface area contributed by atoms with E-state index < -0.39 is 0 Å². The van der Waals surface area contributed by atoms with Crippen LogP contribution in [0, 0.1) is 11.3 Å². The lowest BCUT2D eigenvalue weighted by molar-refractivity contribution is -0.132. The van der Waals surface area contributed by atoms with E-state index in [0.29, 0.717) is 17.1 Å². The molecule has 1 nitrogen and oxygen atoms in total. The molecule has 56 valence electrons. The van der Waals surface area contributed by atoms with Gasteiger partial charge in [0, 0.05) is 5.92 Å². The fourth-order valence-corrected chi connectivity index (χ4v) is 2.36. The zero-order chi connectivity index (χ0) is 7.19. The molecule has 0 aromatic rings. The highest BCUT2D eigenvalue weighted by Gasteiger charge is 2.49. The van der Waals surface area contributed by atoms with E-state index in [1.807, 2.05) is 0 Å². The standard InChI is InChI=1S/C9H14O/c1-7(10)8-5-9(6-8)3-2-4-9/h8H,2-6H2,1H3. The summed E-state index contributed by atoms with van der Waals surface area (Å²) in [4.78, 5) is 10.9. The minimum absolute atomic E-state index is 0.414. The Morgan fingerprint density at radius 1 is 1.40 bits per heavy atom. The van der Waals surface area contributed by atoms with Crippen molar-refractivity contribution < 1.29 is 4.79 Å². The lowest BCUT2D eigenvalue weighted by atomic mass is 9.51. The van der Waals surface area contributed by atoms with Gasteiger partial charge in [0.25, 0.3) is 0 Å². The van der Waals surface area contributed by atoms with Crippen LogP contribution in [0.2, 0.25) is 0 Å². The molecule has 2 aliphatic carbocycles. The minimum atomic E-state index is 0.414. The number of carbonyl (C=O) groups is 1. The molecular weight excluding hydrogens is 124 g/mol. The first-order valence-corrected chi connectivity index (χ1v) is 4.22. The molecule has 2 saturated carbocycles. The van der Waals surface area contributed by atoms with E-state index in [4.69, 9.17) is 0 Å². The molecule has 1 heteroatoms. The molecule has 1 spiro atoms. The summed E-state index contributed by atoms with van der Waals surface area (Å²) in [6.07, 6.45) is 6.63. The van der Waals surface area contributed by atoms with E-state index in [9.17, 15) is 4.79 Å². The molecule has 0 atom stereocenters. The van der Waals surface area contributed by atoms with Crippen LogP contribution in [0.25, 0.3) is 0 Å². The Morgan fingerprint density at radius 3 is 2.30 bits per heavy atom. The van der Waals surface area contributed by atoms with Gasteiger partial charge in [0.1, 0.15) is 5.78 Å². The van der Waals surface area contributed by atoms with Gasteiger partial charge in [-0.15, -0.1) is 0 Å². The van der Waals surface area contributed by atoms with Crippen LogP contribution in [-0.2, 0) is 4.79 Å². The molecule has 0 heterocycles. The Hall–Kier alpha value is -0.330. The largest absolute Gasteiger partial charge is 0.300 e. The molecule has 0 radical (unpaired) electrons. The molecule has 0 amide bonds. The molecule has 0 saturated heterocycles. The zero-order valence-electron chi connectivity index (χ0n) is 6.52. The predicted octanol–water partition coefficient (Wildman–Crippen LogP) is 2.16. The van der Waals surface area contributed by atoms with Gasteiger partial charge in [-0.1, -0.05) is 6.42 Å².